The van der Waals surface area contributed by atoms with Gasteiger partial charge in [0.05, 0.1) is 12.0 Å². The second-order valence-corrected chi connectivity index (χ2v) is 7.34. The van der Waals surface area contributed by atoms with Crippen LogP contribution in [0.2, 0.25) is 0 Å². The largest absolute Gasteiger partial charge is 0.341 e. The van der Waals surface area contributed by atoms with E-state index in [9.17, 15) is 14.0 Å². The average Bonchev–Trinajstić information content (AvgIpc) is 2.94. The summed E-state index contributed by atoms with van der Waals surface area (Å²) in [7, 11) is 3.93. The highest BCUT2D eigenvalue weighted by Gasteiger charge is 2.38. The van der Waals surface area contributed by atoms with Crippen LogP contribution in [0.5, 0.6) is 0 Å². The number of amides is 2. The first kappa shape index (κ1) is 17.9. The van der Waals surface area contributed by atoms with Gasteiger partial charge in [-0.05, 0) is 50.7 Å². The Kier molecular flexibility index (Phi) is 5.08. The van der Waals surface area contributed by atoms with Crippen molar-refractivity contribution in [3.8, 4) is 0 Å². The number of carbonyl (C=O) groups is 2. The van der Waals surface area contributed by atoms with Crippen molar-refractivity contribution in [1.82, 2.24) is 14.7 Å². The van der Waals surface area contributed by atoms with Crippen LogP contribution in [0.25, 0.3) is 0 Å². The van der Waals surface area contributed by atoms with E-state index < -0.39 is 0 Å². The quantitative estimate of drug-likeness (QED) is 0.832. The summed E-state index contributed by atoms with van der Waals surface area (Å²) in [6.07, 6.45) is 1.02. The lowest BCUT2D eigenvalue weighted by molar-refractivity contribution is -0.138. The molecular formula is C19H26FN3O2. The molecule has 0 spiro atoms. The van der Waals surface area contributed by atoms with Crippen LogP contribution < -0.4 is 0 Å². The molecule has 2 aliphatic heterocycles. The Labute approximate surface area is 148 Å². The van der Waals surface area contributed by atoms with Gasteiger partial charge in [0.15, 0.2) is 0 Å². The molecule has 0 bridgehead atoms. The van der Waals surface area contributed by atoms with Crippen LogP contribution in [-0.2, 0) is 16.0 Å². The second-order valence-electron chi connectivity index (χ2n) is 7.34. The van der Waals surface area contributed by atoms with E-state index in [2.05, 4.69) is 0 Å². The number of carbonyl (C=O) groups excluding carboxylic acids is 2. The summed E-state index contributed by atoms with van der Waals surface area (Å²) in [6, 6.07) is 4.66. The van der Waals surface area contributed by atoms with E-state index >= 15 is 0 Å². The van der Waals surface area contributed by atoms with Crippen LogP contribution in [0.3, 0.4) is 0 Å². The molecule has 136 valence electrons. The van der Waals surface area contributed by atoms with Crippen molar-refractivity contribution in [2.45, 2.75) is 25.8 Å². The molecule has 0 N–H and O–H groups in total. The Morgan fingerprint density at radius 1 is 1.36 bits per heavy atom. The minimum atomic E-state index is -0.285. The zero-order chi connectivity index (χ0) is 18.1. The van der Waals surface area contributed by atoms with Gasteiger partial charge < -0.3 is 14.7 Å². The van der Waals surface area contributed by atoms with Gasteiger partial charge in [-0.1, -0.05) is 6.07 Å². The smallest absolute Gasteiger partial charge is 0.228 e. The number of fused-ring (bicyclic) bond motifs is 1. The predicted octanol–water partition coefficient (Wildman–Crippen LogP) is 1.68. The van der Waals surface area contributed by atoms with Crippen LogP contribution in [0.15, 0.2) is 18.2 Å². The van der Waals surface area contributed by atoms with Gasteiger partial charge in [0.25, 0.3) is 0 Å². The van der Waals surface area contributed by atoms with Gasteiger partial charge in [-0.25, -0.2) is 4.39 Å². The molecular weight excluding hydrogens is 321 g/mol. The van der Waals surface area contributed by atoms with Gasteiger partial charge in [0.2, 0.25) is 11.8 Å². The number of benzene rings is 1. The van der Waals surface area contributed by atoms with E-state index in [1.54, 1.807) is 4.90 Å². The summed E-state index contributed by atoms with van der Waals surface area (Å²) in [4.78, 5) is 30.8. The number of likely N-dealkylation sites (N-methyl/N-ethyl adjacent to an activating group) is 1. The molecule has 1 aromatic rings. The molecule has 2 atom stereocenters. The highest BCUT2D eigenvalue weighted by Crippen LogP contribution is 2.32. The zero-order valence-electron chi connectivity index (χ0n) is 15.2. The lowest BCUT2D eigenvalue weighted by atomic mass is 9.92. The van der Waals surface area contributed by atoms with E-state index in [0.29, 0.717) is 19.6 Å². The molecule has 2 heterocycles. The SMILES string of the molecule is C[C@H]1c2cc(F)ccc2CCN1C(=O)[C@H]1CC(=O)N(CCN(C)C)C1. The Morgan fingerprint density at radius 2 is 2.12 bits per heavy atom. The maximum atomic E-state index is 13.6. The molecule has 0 aromatic heterocycles. The van der Waals surface area contributed by atoms with Crippen molar-refractivity contribution in [1.29, 1.82) is 0 Å². The fourth-order valence-electron chi connectivity index (χ4n) is 3.79. The van der Waals surface area contributed by atoms with Crippen molar-refractivity contribution >= 4 is 11.8 Å². The first-order valence-electron chi connectivity index (χ1n) is 8.88. The van der Waals surface area contributed by atoms with Crippen molar-refractivity contribution in [3.05, 3.63) is 35.1 Å². The number of hydrogen-bond acceptors (Lipinski definition) is 3. The van der Waals surface area contributed by atoms with Gasteiger partial charge in [0.1, 0.15) is 5.82 Å². The normalized spacial score (nSPS) is 23.3. The first-order valence-corrected chi connectivity index (χ1v) is 8.88. The number of likely N-dealkylation sites (tertiary alicyclic amines) is 1. The van der Waals surface area contributed by atoms with Gasteiger partial charge in [-0.3, -0.25) is 9.59 Å². The second kappa shape index (κ2) is 7.12. The molecule has 0 saturated carbocycles. The van der Waals surface area contributed by atoms with Gasteiger partial charge in [-0.2, -0.15) is 0 Å². The fourth-order valence-corrected chi connectivity index (χ4v) is 3.79. The molecule has 3 rings (SSSR count). The minimum absolute atomic E-state index is 0.0168. The Hall–Kier alpha value is -1.95. The molecule has 0 aliphatic carbocycles. The Morgan fingerprint density at radius 3 is 2.84 bits per heavy atom. The summed E-state index contributed by atoms with van der Waals surface area (Å²) >= 11 is 0. The summed E-state index contributed by atoms with van der Waals surface area (Å²) in [5.41, 5.74) is 1.99. The molecule has 5 nitrogen and oxygen atoms in total. The van der Waals surface area contributed by atoms with E-state index in [4.69, 9.17) is 0 Å². The minimum Gasteiger partial charge on any atom is -0.341 e. The van der Waals surface area contributed by atoms with Crippen LogP contribution in [0.1, 0.15) is 30.5 Å². The number of hydrogen-bond donors (Lipinski definition) is 0. The van der Waals surface area contributed by atoms with E-state index in [1.807, 2.05) is 36.9 Å². The third-order valence-electron chi connectivity index (χ3n) is 5.31. The lowest BCUT2D eigenvalue weighted by Crippen LogP contribution is -2.43. The third-order valence-corrected chi connectivity index (χ3v) is 5.31. The van der Waals surface area contributed by atoms with Crippen molar-refractivity contribution in [2.24, 2.45) is 5.92 Å². The number of rotatable bonds is 4. The third kappa shape index (κ3) is 3.68. The zero-order valence-corrected chi connectivity index (χ0v) is 15.2. The maximum absolute atomic E-state index is 13.6. The van der Waals surface area contributed by atoms with Gasteiger partial charge in [0, 0.05) is 32.6 Å². The van der Waals surface area contributed by atoms with Crippen molar-refractivity contribution in [2.75, 3.05) is 40.3 Å². The molecule has 1 fully saturated rings. The van der Waals surface area contributed by atoms with Gasteiger partial charge in [-0.15, -0.1) is 0 Å². The first-order chi connectivity index (χ1) is 11.9. The van der Waals surface area contributed by atoms with Crippen LogP contribution in [-0.4, -0.2) is 66.8 Å². The maximum Gasteiger partial charge on any atom is 0.228 e. The summed E-state index contributed by atoms with van der Waals surface area (Å²) in [5, 5.41) is 0. The van der Waals surface area contributed by atoms with E-state index in [0.717, 1.165) is 24.1 Å². The molecule has 2 aliphatic rings. The molecule has 25 heavy (non-hydrogen) atoms. The Bertz CT molecular complexity index is 677. The van der Waals surface area contributed by atoms with Crippen molar-refractivity contribution < 1.29 is 14.0 Å². The summed E-state index contributed by atoms with van der Waals surface area (Å²) < 4.78 is 13.6. The van der Waals surface area contributed by atoms with E-state index in [1.165, 1.54) is 12.1 Å². The summed E-state index contributed by atoms with van der Waals surface area (Å²) in [5.74, 6) is -0.488. The molecule has 0 radical (unpaired) electrons. The molecule has 0 unspecified atom stereocenters. The predicted molar refractivity (Wildman–Crippen MR) is 93.5 cm³/mol. The van der Waals surface area contributed by atoms with Crippen LogP contribution in [0.4, 0.5) is 4.39 Å². The monoisotopic (exact) mass is 347 g/mol. The number of nitrogens with zero attached hydrogens (tertiary/aromatic N) is 3. The highest BCUT2D eigenvalue weighted by molar-refractivity contribution is 5.89. The molecule has 1 saturated heterocycles. The number of halogens is 1. The molecule has 1 aromatic carbocycles. The van der Waals surface area contributed by atoms with Gasteiger partial charge >= 0.3 is 0 Å². The lowest BCUT2D eigenvalue weighted by Gasteiger charge is -2.36. The average molecular weight is 347 g/mol. The molecule has 2 amide bonds. The standard InChI is InChI=1S/C19H26FN3O2/c1-13-17-11-16(20)5-4-14(17)6-7-23(13)19(25)15-10-18(24)22(12-15)9-8-21(2)3/h4-5,11,13,15H,6-10,12H2,1-3H3/t13-,15-/m0/s1. The van der Waals surface area contributed by atoms with Crippen LogP contribution >= 0.6 is 0 Å². The van der Waals surface area contributed by atoms with Crippen LogP contribution in [0, 0.1) is 11.7 Å². The van der Waals surface area contributed by atoms with Crippen molar-refractivity contribution in [3.63, 3.8) is 0 Å². The fraction of sp³-hybridized carbons (Fsp3) is 0.579. The summed E-state index contributed by atoms with van der Waals surface area (Å²) in [6.45, 7) is 4.50. The van der Waals surface area contributed by atoms with E-state index in [-0.39, 0.29) is 36.0 Å². The topological polar surface area (TPSA) is 43.9 Å². The molecule has 6 heteroatoms. The highest BCUT2D eigenvalue weighted by atomic mass is 19.1. The Balaban J connectivity index is 1.69.